The van der Waals surface area contributed by atoms with Crippen LogP contribution in [-0.4, -0.2) is 34.6 Å². The Labute approximate surface area is 109 Å². The van der Waals surface area contributed by atoms with Gasteiger partial charge in [-0.25, -0.2) is 0 Å². The molecule has 0 amide bonds. The minimum atomic E-state index is -0.870. The number of hydrogen-bond donors (Lipinski definition) is 3. The Balaban J connectivity index is 2.19. The monoisotopic (exact) mass is 269 g/mol. The van der Waals surface area contributed by atoms with Crippen molar-refractivity contribution in [2.24, 2.45) is 0 Å². The first-order valence-corrected chi connectivity index (χ1v) is 6.73. The molecule has 0 radical (unpaired) electrons. The summed E-state index contributed by atoms with van der Waals surface area (Å²) in [6.07, 6.45) is 0. The molecule has 0 saturated carbocycles. The number of hydrogen-bond acceptors (Lipinski definition) is 5. The highest BCUT2D eigenvalue weighted by Gasteiger charge is 2.32. The Kier molecular flexibility index (Phi) is 3.98. The van der Waals surface area contributed by atoms with Gasteiger partial charge in [-0.1, -0.05) is 12.1 Å². The number of nitrogens with one attached hydrogen (secondary N) is 1. The van der Waals surface area contributed by atoms with Crippen LogP contribution in [0.4, 0.5) is 0 Å². The van der Waals surface area contributed by atoms with E-state index in [0.29, 0.717) is 23.7 Å². The minimum absolute atomic E-state index is 0.0791. The number of carbonyl (C=O) groups is 1. The van der Waals surface area contributed by atoms with E-state index in [1.165, 1.54) is 11.8 Å². The maximum atomic E-state index is 10.9. The third kappa shape index (κ3) is 2.54. The van der Waals surface area contributed by atoms with Crippen LogP contribution < -0.4 is 10.1 Å². The topological polar surface area (TPSA) is 78.8 Å². The van der Waals surface area contributed by atoms with Crippen molar-refractivity contribution in [3.63, 3.8) is 0 Å². The Hall–Kier alpha value is -1.40. The van der Waals surface area contributed by atoms with Gasteiger partial charge in [0.25, 0.3) is 0 Å². The lowest BCUT2D eigenvalue weighted by Crippen LogP contribution is -2.33. The van der Waals surface area contributed by atoms with E-state index in [9.17, 15) is 9.90 Å². The highest BCUT2D eigenvalue weighted by atomic mass is 32.2. The van der Waals surface area contributed by atoms with Crippen LogP contribution in [-0.2, 0) is 4.79 Å². The molecule has 6 heteroatoms. The summed E-state index contributed by atoms with van der Waals surface area (Å²) in [5.41, 5.74) is 0.662. The maximum Gasteiger partial charge on any atom is 0.321 e. The molecular formula is C12H15NO4S. The largest absolute Gasteiger partial charge is 0.504 e. The maximum absolute atomic E-state index is 10.9. The molecule has 2 atom stereocenters. The van der Waals surface area contributed by atoms with Gasteiger partial charge in [-0.15, -0.1) is 11.8 Å². The van der Waals surface area contributed by atoms with Gasteiger partial charge in [0.15, 0.2) is 11.5 Å². The molecule has 0 aliphatic carbocycles. The number of benzene rings is 1. The summed E-state index contributed by atoms with van der Waals surface area (Å²) in [5.74, 6) is 0.121. The van der Waals surface area contributed by atoms with E-state index in [1.807, 2.05) is 6.92 Å². The van der Waals surface area contributed by atoms with Gasteiger partial charge in [0.2, 0.25) is 0 Å². The van der Waals surface area contributed by atoms with Crippen LogP contribution in [0.1, 0.15) is 17.9 Å². The molecule has 1 heterocycles. The second-order valence-corrected chi connectivity index (χ2v) is 5.04. The predicted octanol–water partition coefficient (Wildman–Crippen LogP) is 1.58. The summed E-state index contributed by atoms with van der Waals surface area (Å²) in [7, 11) is 0. The smallest absolute Gasteiger partial charge is 0.321 e. The molecule has 1 aromatic carbocycles. The van der Waals surface area contributed by atoms with Gasteiger partial charge in [0.1, 0.15) is 6.04 Å². The molecular weight excluding hydrogens is 254 g/mol. The average Bonchev–Trinajstić information content (AvgIpc) is 2.81. The predicted molar refractivity (Wildman–Crippen MR) is 69.0 cm³/mol. The summed E-state index contributed by atoms with van der Waals surface area (Å²) in [6.45, 7) is 2.31. The second kappa shape index (κ2) is 5.49. The zero-order chi connectivity index (χ0) is 13.1. The molecule has 1 aliphatic heterocycles. The second-order valence-electron chi connectivity index (χ2n) is 3.90. The standard InChI is InChI=1S/C12H15NO4S/c1-2-17-9-5-3-4-7(10(9)14)11-13-8(6-18-11)12(15)16/h3-5,8,11,13-14H,2,6H2,1H3,(H,15,16)/t8-,11+/m1/s1. The Morgan fingerprint density at radius 3 is 3.00 bits per heavy atom. The SMILES string of the molecule is CCOc1cccc([C@H]2N[C@@H](C(=O)O)CS2)c1O. The molecule has 98 valence electrons. The fourth-order valence-electron chi connectivity index (χ4n) is 1.82. The van der Waals surface area contributed by atoms with Crippen LogP contribution in [0.3, 0.4) is 0 Å². The molecule has 1 fully saturated rings. The summed E-state index contributed by atoms with van der Waals surface area (Å²) in [5, 5.41) is 21.8. The molecule has 18 heavy (non-hydrogen) atoms. The number of phenolic OH excluding ortho intramolecular Hbond substituents is 1. The number of carboxylic acids is 1. The van der Waals surface area contributed by atoms with Gasteiger partial charge < -0.3 is 14.9 Å². The van der Waals surface area contributed by atoms with Gasteiger partial charge in [0, 0.05) is 11.3 Å². The first kappa shape index (κ1) is 13.0. The van der Waals surface area contributed by atoms with Crippen molar-refractivity contribution in [3.05, 3.63) is 23.8 Å². The van der Waals surface area contributed by atoms with E-state index in [2.05, 4.69) is 5.32 Å². The lowest BCUT2D eigenvalue weighted by molar-refractivity contribution is -0.138. The summed E-state index contributed by atoms with van der Waals surface area (Å²) >= 11 is 1.47. The van der Waals surface area contributed by atoms with E-state index in [1.54, 1.807) is 18.2 Å². The molecule has 1 aliphatic rings. The number of para-hydroxylation sites is 1. The van der Waals surface area contributed by atoms with Crippen LogP contribution in [0.25, 0.3) is 0 Å². The molecule has 0 aromatic heterocycles. The van der Waals surface area contributed by atoms with Crippen molar-refractivity contribution < 1.29 is 19.7 Å². The normalized spacial score (nSPS) is 22.9. The summed E-state index contributed by atoms with van der Waals surface area (Å²) < 4.78 is 5.31. The Bertz CT molecular complexity index is 452. The van der Waals surface area contributed by atoms with E-state index in [0.717, 1.165) is 0 Å². The summed E-state index contributed by atoms with van der Waals surface area (Å²) in [4.78, 5) is 10.9. The molecule has 2 rings (SSSR count). The van der Waals surface area contributed by atoms with Gasteiger partial charge in [-0.05, 0) is 13.0 Å². The quantitative estimate of drug-likeness (QED) is 0.770. The minimum Gasteiger partial charge on any atom is -0.504 e. The van der Waals surface area contributed by atoms with Crippen molar-refractivity contribution in [2.75, 3.05) is 12.4 Å². The molecule has 0 unspecified atom stereocenters. The van der Waals surface area contributed by atoms with E-state index >= 15 is 0 Å². The fraction of sp³-hybridized carbons (Fsp3) is 0.417. The van der Waals surface area contributed by atoms with Gasteiger partial charge >= 0.3 is 5.97 Å². The number of aliphatic carboxylic acids is 1. The number of aromatic hydroxyl groups is 1. The number of carboxylic acid groups (broad SMARTS) is 1. The van der Waals surface area contributed by atoms with E-state index in [4.69, 9.17) is 9.84 Å². The first-order chi connectivity index (χ1) is 8.63. The molecule has 3 N–H and O–H groups in total. The van der Waals surface area contributed by atoms with Crippen molar-refractivity contribution in [1.82, 2.24) is 5.32 Å². The van der Waals surface area contributed by atoms with Gasteiger partial charge in [-0.3, -0.25) is 10.1 Å². The molecule has 5 nitrogen and oxygen atoms in total. The molecule has 1 aromatic rings. The highest BCUT2D eigenvalue weighted by molar-refractivity contribution is 7.99. The van der Waals surface area contributed by atoms with Crippen LogP contribution in [0, 0.1) is 0 Å². The van der Waals surface area contributed by atoms with Crippen molar-refractivity contribution in [2.45, 2.75) is 18.3 Å². The first-order valence-electron chi connectivity index (χ1n) is 5.68. The van der Waals surface area contributed by atoms with Crippen molar-refractivity contribution in [3.8, 4) is 11.5 Å². The third-order valence-corrected chi connectivity index (χ3v) is 3.94. The van der Waals surface area contributed by atoms with Gasteiger partial charge in [-0.2, -0.15) is 0 Å². The number of phenols is 1. The van der Waals surface area contributed by atoms with Crippen molar-refractivity contribution >= 4 is 17.7 Å². The fourth-order valence-corrected chi connectivity index (χ4v) is 3.07. The number of ether oxygens (including phenoxy) is 1. The Morgan fingerprint density at radius 2 is 2.39 bits per heavy atom. The zero-order valence-electron chi connectivity index (χ0n) is 9.92. The number of thioether (sulfide) groups is 1. The van der Waals surface area contributed by atoms with Crippen molar-refractivity contribution in [1.29, 1.82) is 0 Å². The zero-order valence-corrected chi connectivity index (χ0v) is 10.7. The van der Waals surface area contributed by atoms with Gasteiger partial charge in [0.05, 0.1) is 12.0 Å². The van der Waals surface area contributed by atoms with E-state index in [-0.39, 0.29) is 11.1 Å². The lowest BCUT2D eigenvalue weighted by atomic mass is 10.1. The Morgan fingerprint density at radius 1 is 1.61 bits per heavy atom. The molecule has 1 saturated heterocycles. The van der Waals surface area contributed by atoms with E-state index < -0.39 is 12.0 Å². The van der Waals surface area contributed by atoms with Crippen LogP contribution in [0.2, 0.25) is 0 Å². The highest BCUT2D eigenvalue weighted by Crippen LogP contribution is 2.41. The van der Waals surface area contributed by atoms with Crippen LogP contribution in [0.15, 0.2) is 18.2 Å². The lowest BCUT2D eigenvalue weighted by Gasteiger charge is -2.15. The average molecular weight is 269 g/mol. The molecule has 0 spiro atoms. The van der Waals surface area contributed by atoms with Crippen LogP contribution >= 0.6 is 11.8 Å². The third-order valence-electron chi connectivity index (χ3n) is 2.69. The summed E-state index contributed by atoms with van der Waals surface area (Å²) in [6, 6.07) is 4.68. The molecule has 0 bridgehead atoms. The number of rotatable bonds is 4. The van der Waals surface area contributed by atoms with Crippen LogP contribution in [0.5, 0.6) is 11.5 Å².